The van der Waals surface area contributed by atoms with Crippen molar-refractivity contribution in [1.29, 1.82) is 0 Å². The summed E-state index contributed by atoms with van der Waals surface area (Å²) in [4.78, 5) is 2.48. The molecule has 3 nitrogen and oxygen atoms in total. The van der Waals surface area contributed by atoms with E-state index in [2.05, 4.69) is 52.7 Å². The minimum absolute atomic E-state index is 0.124. The van der Waals surface area contributed by atoms with Crippen molar-refractivity contribution in [2.75, 3.05) is 24.5 Å². The van der Waals surface area contributed by atoms with Crippen LogP contribution < -0.4 is 10.2 Å². The summed E-state index contributed by atoms with van der Waals surface area (Å²) >= 11 is 0. The molecular weight excluding hydrogens is 284 g/mol. The number of anilines is 1. The molecule has 1 saturated heterocycles. The Balaban J connectivity index is 1.39. The first kappa shape index (κ1) is 16.0. The molecule has 0 unspecified atom stereocenters. The van der Waals surface area contributed by atoms with Gasteiger partial charge in [-0.2, -0.15) is 0 Å². The maximum Gasteiger partial charge on any atom is 0.0681 e. The number of nitrogens with one attached hydrogen (secondary N) is 1. The number of hydrogen-bond acceptors (Lipinski definition) is 3. The number of hydrogen-bond donors (Lipinski definition) is 2. The predicted molar refractivity (Wildman–Crippen MR) is 95.7 cm³/mol. The molecule has 0 aromatic heterocycles. The Hall–Kier alpha value is -1.84. The molecule has 0 saturated carbocycles. The van der Waals surface area contributed by atoms with Crippen LogP contribution in [-0.4, -0.2) is 30.8 Å². The van der Waals surface area contributed by atoms with Gasteiger partial charge in [-0.1, -0.05) is 42.5 Å². The molecule has 0 bridgehead atoms. The highest BCUT2D eigenvalue weighted by Crippen LogP contribution is 2.19. The second kappa shape index (κ2) is 8.14. The van der Waals surface area contributed by atoms with Gasteiger partial charge in [0.25, 0.3) is 0 Å². The van der Waals surface area contributed by atoms with Crippen LogP contribution >= 0.6 is 0 Å². The van der Waals surface area contributed by atoms with E-state index in [0.29, 0.717) is 6.04 Å². The lowest BCUT2D eigenvalue weighted by molar-refractivity contribution is 0.282. The Morgan fingerprint density at radius 2 is 1.57 bits per heavy atom. The Morgan fingerprint density at radius 3 is 2.22 bits per heavy atom. The maximum atomic E-state index is 9.06. The van der Waals surface area contributed by atoms with Gasteiger partial charge < -0.3 is 15.3 Å². The largest absolute Gasteiger partial charge is 0.392 e. The van der Waals surface area contributed by atoms with Gasteiger partial charge in [0.1, 0.15) is 0 Å². The van der Waals surface area contributed by atoms with E-state index in [1.807, 2.05) is 12.1 Å². The molecule has 2 aromatic rings. The van der Waals surface area contributed by atoms with Crippen LogP contribution in [0.15, 0.2) is 54.6 Å². The highest BCUT2D eigenvalue weighted by molar-refractivity contribution is 5.46. The quantitative estimate of drug-likeness (QED) is 0.861. The van der Waals surface area contributed by atoms with Crippen molar-refractivity contribution in [2.24, 2.45) is 0 Å². The normalized spacial score (nSPS) is 15.8. The van der Waals surface area contributed by atoms with E-state index in [0.717, 1.165) is 31.6 Å². The lowest BCUT2D eigenvalue weighted by atomic mass is 10.0. The van der Waals surface area contributed by atoms with Gasteiger partial charge in [-0.25, -0.2) is 0 Å². The third kappa shape index (κ3) is 4.57. The predicted octanol–water partition coefficient (Wildman–Crippen LogP) is 2.98. The van der Waals surface area contributed by atoms with Crippen molar-refractivity contribution in [3.63, 3.8) is 0 Å². The fraction of sp³-hybridized carbons (Fsp3) is 0.400. The fourth-order valence-electron chi connectivity index (χ4n) is 3.21. The first-order valence-corrected chi connectivity index (χ1v) is 8.57. The summed E-state index contributed by atoms with van der Waals surface area (Å²) < 4.78 is 0. The first-order chi connectivity index (χ1) is 11.3. The van der Waals surface area contributed by atoms with E-state index in [9.17, 15) is 0 Å². The topological polar surface area (TPSA) is 35.5 Å². The van der Waals surface area contributed by atoms with Gasteiger partial charge >= 0.3 is 0 Å². The molecule has 3 rings (SSSR count). The minimum atomic E-state index is 0.124. The Labute approximate surface area is 139 Å². The van der Waals surface area contributed by atoms with Crippen LogP contribution in [0.5, 0.6) is 0 Å². The number of benzene rings is 2. The van der Waals surface area contributed by atoms with Crippen molar-refractivity contribution < 1.29 is 5.11 Å². The number of piperidine rings is 1. The SMILES string of the molecule is OCc1ccc(CCNC2CCN(c3ccccc3)CC2)cc1. The van der Waals surface area contributed by atoms with Crippen LogP contribution in [0.4, 0.5) is 5.69 Å². The van der Waals surface area contributed by atoms with Crippen LogP contribution in [-0.2, 0) is 13.0 Å². The summed E-state index contributed by atoms with van der Waals surface area (Å²) in [6.45, 7) is 3.41. The van der Waals surface area contributed by atoms with Crippen LogP contribution in [0, 0.1) is 0 Å². The van der Waals surface area contributed by atoms with Gasteiger partial charge in [0.15, 0.2) is 0 Å². The van der Waals surface area contributed by atoms with Crippen LogP contribution in [0.1, 0.15) is 24.0 Å². The molecular formula is C20H26N2O. The molecule has 23 heavy (non-hydrogen) atoms. The summed E-state index contributed by atoms with van der Waals surface area (Å²) in [5.74, 6) is 0. The summed E-state index contributed by atoms with van der Waals surface area (Å²) in [6.07, 6.45) is 3.46. The van der Waals surface area contributed by atoms with Gasteiger partial charge in [-0.3, -0.25) is 0 Å². The third-order valence-electron chi connectivity index (χ3n) is 4.67. The molecule has 1 fully saturated rings. The molecule has 0 aliphatic carbocycles. The molecule has 0 spiro atoms. The number of nitrogens with zero attached hydrogens (tertiary/aromatic N) is 1. The lowest BCUT2D eigenvalue weighted by Gasteiger charge is -2.34. The van der Waals surface area contributed by atoms with Crippen molar-refractivity contribution in [3.05, 3.63) is 65.7 Å². The second-order valence-electron chi connectivity index (χ2n) is 6.28. The van der Waals surface area contributed by atoms with Crippen LogP contribution in [0.2, 0.25) is 0 Å². The highest BCUT2D eigenvalue weighted by atomic mass is 16.3. The second-order valence-corrected chi connectivity index (χ2v) is 6.28. The average molecular weight is 310 g/mol. The number of aliphatic hydroxyl groups is 1. The lowest BCUT2D eigenvalue weighted by Crippen LogP contribution is -2.43. The first-order valence-electron chi connectivity index (χ1n) is 8.57. The van der Waals surface area contributed by atoms with Crippen LogP contribution in [0.25, 0.3) is 0 Å². The smallest absolute Gasteiger partial charge is 0.0681 e. The molecule has 1 aliphatic rings. The monoisotopic (exact) mass is 310 g/mol. The van der Waals surface area contributed by atoms with Crippen molar-refractivity contribution in [2.45, 2.75) is 31.9 Å². The summed E-state index contributed by atoms with van der Waals surface area (Å²) in [5, 5.41) is 12.8. The van der Waals surface area contributed by atoms with Crippen LogP contribution in [0.3, 0.4) is 0 Å². The van der Waals surface area contributed by atoms with E-state index >= 15 is 0 Å². The van der Waals surface area contributed by atoms with E-state index in [-0.39, 0.29) is 6.61 Å². The molecule has 0 radical (unpaired) electrons. The van der Waals surface area contributed by atoms with E-state index < -0.39 is 0 Å². The summed E-state index contributed by atoms with van der Waals surface area (Å²) in [6, 6.07) is 19.6. The van der Waals surface area contributed by atoms with Crippen molar-refractivity contribution in [3.8, 4) is 0 Å². The van der Waals surface area contributed by atoms with Crippen molar-refractivity contribution >= 4 is 5.69 Å². The maximum absolute atomic E-state index is 9.06. The average Bonchev–Trinajstić information content (AvgIpc) is 2.64. The summed E-state index contributed by atoms with van der Waals surface area (Å²) in [5.41, 5.74) is 3.65. The van der Waals surface area contributed by atoms with E-state index in [1.54, 1.807) is 0 Å². The molecule has 2 aromatic carbocycles. The van der Waals surface area contributed by atoms with E-state index in [1.165, 1.54) is 24.1 Å². The number of para-hydroxylation sites is 1. The molecule has 0 amide bonds. The van der Waals surface area contributed by atoms with Gasteiger partial charge in [0.05, 0.1) is 6.61 Å². The molecule has 1 heterocycles. The van der Waals surface area contributed by atoms with E-state index in [4.69, 9.17) is 5.11 Å². The number of aliphatic hydroxyl groups excluding tert-OH is 1. The Morgan fingerprint density at radius 1 is 0.913 bits per heavy atom. The zero-order valence-electron chi connectivity index (χ0n) is 13.6. The Kier molecular flexibility index (Phi) is 5.67. The number of rotatable bonds is 6. The van der Waals surface area contributed by atoms with Gasteiger partial charge in [-0.05, 0) is 49.1 Å². The molecule has 122 valence electrons. The molecule has 0 atom stereocenters. The zero-order valence-corrected chi connectivity index (χ0v) is 13.6. The standard InChI is InChI=1S/C20H26N2O/c23-16-18-8-6-17(7-9-18)10-13-21-19-11-14-22(15-12-19)20-4-2-1-3-5-20/h1-9,19,21,23H,10-16H2. The minimum Gasteiger partial charge on any atom is -0.392 e. The summed E-state index contributed by atoms with van der Waals surface area (Å²) in [7, 11) is 0. The highest BCUT2D eigenvalue weighted by Gasteiger charge is 2.18. The van der Waals surface area contributed by atoms with Crippen molar-refractivity contribution in [1.82, 2.24) is 5.32 Å². The molecule has 2 N–H and O–H groups in total. The Bertz CT molecular complexity index is 574. The van der Waals surface area contributed by atoms with Gasteiger partial charge in [0, 0.05) is 24.8 Å². The molecule has 1 aliphatic heterocycles. The fourth-order valence-corrected chi connectivity index (χ4v) is 3.21. The van der Waals surface area contributed by atoms with Gasteiger partial charge in [-0.15, -0.1) is 0 Å². The molecule has 3 heteroatoms. The zero-order chi connectivity index (χ0) is 15.9. The third-order valence-corrected chi connectivity index (χ3v) is 4.67. The van der Waals surface area contributed by atoms with Gasteiger partial charge in [0.2, 0.25) is 0 Å².